The first-order valence-corrected chi connectivity index (χ1v) is 7.03. The second kappa shape index (κ2) is 7.97. The second-order valence-corrected chi connectivity index (χ2v) is 5.12. The van der Waals surface area contributed by atoms with Gasteiger partial charge in [-0.2, -0.15) is 11.8 Å². The minimum atomic E-state index is -0.373. The molecule has 0 unspecified atom stereocenters. The molecule has 0 atom stereocenters. The molecule has 0 spiro atoms. The minimum Gasteiger partial charge on any atom is -0.493 e. The molecule has 0 radical (unpaired) electrons. The van der Waals surface area contributed by atoms with E-state index >= 15 is 0 Å². The summed E-state index contributed by atoms with van der Waals surface area (Å²) in [5.41, 5.74) is 0.827. The van der Waals surface area contributed by atoms with E-state index in [1.807, 2.05) is 11.8 Å². The summed E-state index contributed by atoms with van der Waals surface area (Å²) >= 11 is 1.86. The molecule has 0 aliphatic carbocycles. The third kappa shape index (κ3) is 4.56. The van der Waals surface area contributed by atoms with E-state index in [0.717, 1.165) is 17.9 Å². The Morgan fingerprint density at radius 2 is 2.28 bits per heavy atom. The van der Waals surface area contributed by atoms with E-state index in [2.05, 4.69) is 12.1 Å². The SMILES string of the molecule is CCSCCCOc1ccc(F)cc1/C(C)=N/O. The third-order valence-corrected chi connectivity index (χ3v) is 3.36. The molecule has 1 rings (SSSR count). The largest absolute Gasteiger partial charge is 0.493 e. The van der Waals surface area contributed by atoms with E-state index in [-0.39, 0.29) is 5.82 Å². The quantitative estimate of drug-likeness (QED) is 0.357. The van der Waals surface area contributed by atoms with Crippen LogP contribution >= 0.6 is 11.8 Å². The molecule has 0 saturated heterocycles. The second-order valence-electron chi connectivity index (χ2n) is 3.72. The van der Waals surface area contributed by atoms with Crippen LogP contribution in [0.15, 0.2) is 23.4 Å². The summed E-state index contributed by atoms with van der Waals surface area (Å²) in [5.74, 6) is 2.31. The minimum absolute atomic E-state index is 0.340. The molecular weight excluding hydrogens is 253 g/mol. The van der Waals surface area contributed by atoms with Gasteiger partial charge in [-0.3, -0.25) is 0 Å². The van der Waals surface area contributed by atoms with Crippen molar-refractivity contribution in [2.24, 2.45) is 5.16 Å². The number of hydrogen-bond donors (Lipinski definition) is 1. The molecule has 100 valence electrons. The van der Waals surface area contributed by atoms with Gasteiger partial charge in [-0.15, -0.1) is 0 Å². The van der Waals surface area contributed by atoms with Crippen LogP contribution < -0.4 is 4.74 Å². The van der Waals surface area contributed by atoms with Gasteiger partial charge in [-0.1, -0.05) is 12.1 Å². The lowest BCUT2D eigenvalue weighted by atomic mass is 10.1. The van der Waals surface area contributed by atoms with Crippen molar-refractivity contribution in [1.29, 1.82) is 0 Å². The highest BCUT2D eigenvalue weighted by Gasteiger charge is 2.09. The summed E-state index contributed by atoms with van der Waals surface area (Å²) in [7, 11) is 0. The Kier molecular flexibility index (Phi) is 6.57. The molecule has 0 aliphatic rings. The molecule has 1 N–H and O–H groups in total. The van der Waals surface area contributed by atoms with Crippen LogP contribution in [0.4, 0.5) is 4.39 Å². The van der Waals surface area contributed by atoms with Gasteiger partial charge in [-0.05, 0) is 43.0 Å². The summed E-state index contributed by atoms with van der Waals surface area (Å²) in [6.07, 6.45) is 0.935. The average molecular weight is 271 g/mol. The van der Waals surface area contributed by atoms with Crippen LogP contribution in [0.2, 0.25) is 0 Å². The zero-order chi connectivity index (χ0) is 13.4. The van der Waals surface area contributed by atoms with Crippen LogP contribution in [-0.2, 0) is 0 Å². The van der Waals surface area contributed by atoms with Gasteiger partial charge in [0.05, 0.1) is 12.3 Å². The molecule has 0 saturated carbocycles. The summed E-state index contributed by atoms with van der Waals surface area (Å²) in [4.78, 5) is 0. The first kappa shape index (κ1) is 14.8. The van der Waals surface area contributed by atoms with E-state index in [1.165, 1.54) is 12.1 Å². The van der Waals surface area contributed by atoms with Gasteiger partial charge < -0.3 is 9.94 Å². The maximum absolute atomic E-state index is 13.1. The standard InChI is InChI=1S/C13H18FNO2S/c1-3-18-8-4-7-17-13-6-5-11(14)9-12(13)10(2)15-16/h5-6,9,16H,3-4,7-8H2,1-2H3/b15-10+. The number of hydrogen-bond acceptors (Lipinski definition) is 4. The fourth-order valence-electron chi connectivity index (χ4n) is 1.45. The molecular formula is C13H18FNO2S. The van der Waals surface area contributed by atoms with Crippen LogP contribution in [0.1, 0.15) is 25.8 Å². The van der Waals surface area contributed by atoms with Gasteiger partial charge in [0.25, 0.3) is 0 Å². The number of oxime groups is 1. The molecule has 0 aromatic heterocycles. The Labute approximate surface area is 111 Å². The van der Waals surface area contributed by atoms with Crippen molar-refractivity contribution in [2.75, 3.05) is 18.1 Å². The van der Waals surface area contributed by atoms with Crippen molar-refractivity contribution in [3.8, 4) is 5.75 Å². The topological polar surface area (TPSA) is 41.8 Å². The van der Waals surface area contributed by atoms with Gasteiger partial charge in [-0.25, -0.2) is 4.39 Å². The van der Waals surface area contributed by atoms with E-state index in [9.17, 15) is 4.39 Å². The molecule has 0 heterocycles. The highest BCUT2D eigenvalue weighted by molar-refractivity contribution is 7.99. The van der Waals surface area contributed by atoms with Crippen molar-refractivity contribution in [1.82, 2.24) is 0 Å². The highest BCUT2D eigenvalue weighted by atomic mass is 32.2. The van der Waals surface area contributed by atoms with Crippen LogP contribution in [0.3, 0.4) is 0 Å². The number of ether oxygens (including phenoxy) is 1. The smallest absolute Gasteiger partial charge is 0.128 e. The number of halogens is 1. The van der Waals surface area contributed by atoms with Crippen molar-refractivity contribution >= 4 is 17.5 Å². The summed E-state index contributed by atoms with van der Waals surface area (Å²) < 4.78 is 18.7. The van der Waals surface area contributed by atoms with Gasteiger partial charge in [0.15, 0.2) is 0 Å². The summed E-state index contributed by atoms with van der Waals surface area (Å²) in [5, 5.41) is 11.8. The maximum atomic E-state index is 13.1. The van der Waals surface area contributed by atoms with Crippen LogP contribution in [0, 0.1) is 5.82 Å². The van der Waals surface area contributed by atoms with E-state index in [0.29, 0.717) is 23.6 Å². The Morgan fingerprint density at radius 1 is 1.50 bits per heavy atom. The third-order valence-electron chi connectivity index (χ3n) is 2.38. The molecule has 5 heteroatoms. The maximum Gasteiger partial charge on any atom is 0.128 e. The molecule has 1 aromatic rings. The first-order chi connectivity index (χ1) is 8.69. The predicted molar refractivity (Wildman–Crippen MR) is 73.5 cm³/mol. The molecule has 0 fully saturated rings. The Bertz CT molecular complexity index is 410. The molecule has 1 aromatic carbocycles. The number of rotatable bonds is 7. The number of thioether (sulfide) groups is 1. The van der Waals surface area contributed by atoms with Gasteiger partial charge in [0.1, 0.15) is 11.6 Å². The highest BCUT2D eigenvalue weighted by Crippen LogP contribution is 2.21. The number of benzene rings is 1. The normalized spacial score (nSPS) is 11.6. The van der Waals surface area contributed by atoms with E-state index in [1.54, 1.807) is 13.0 Å². The molecule has 18 heavy (non-hydrogen) atoms. The zero-order valence-corrected chi connectivity index (χ0v) is 11.5. The van der Waals surface area contributed by atoms with Crippen molar-refractivity contribution in [2.45, 2.75) is 20.3 Å². The Hall–Kier alpha value is -1.23. The van der Waals surface area contributed by atoms with Crippen molar-refractivity contribution in [3.63, 3.8) is 0 Å². The van der Waals surface area contributed by atoms with Gasteiger partial charge in [0.2, 0.25) is 0 Å². The van der Waals surface area contributed by atoms with Crippen LogP contribution in [-0.4, -0.2) is 29.0 Å². The Morgan fingerprint density at radius 3 is 2.94 bits per heavy atom. The van der Waals surface area contributed by atoms with Gasteiger partial charge >= 0.3 is 0 Å². The van der Waals surface area contributed by atoms with Crippen LogP contribution in [0.5, 0.6) is 5.75 Å². The van der Waals surface area contributed by atoms with E-state index < -0.39 is 0 Å². The summed E-state index contributed by atoms with van der Waals surface area (Å²) in [6, 6.07) is 4.21. The molecule has 0 amide bonds. The average Bonchev–Trinajstić information content (AvgIpc) is 2.39. The molecule has 0 aliphatic heterocycles. The van der Waals surface area contributed by atoms with Gasteiger partial charge in [0, 0.05) is 5.56 Å². The number of nitrogens with zero attached hydrogens (tertiary/aromatic N) is 1. The Balaban J connectivity index is 2.64. The fourth-order valence-corrected chi connectivity index (χ4v) is 2.06. The van der Waals surface area contributed by atoms with Crippen LogP contribution in [0.25, 0.3) is 0 Å². The fraction of sp³-hybridized carbons (Fsp3) is 0.462. The molecule has 3 nitrogen and oxygen atoms in total. The lowest BCUT2D eigenvalue weighted by Crippen LogP contribution is -2.05. The lowest BCUT2D eigenvalue weighted by Gasteiger charge is -2.10. The van der Waals surface area contributed by atoms with Crippen molar-refractivity contribution < 1.29 is 14.3 Å². The monoisotopic (exact) mass is 271 g/mol. The molecule has 0 bridgehead atoms. The first-order valence-electron chi connectivity index (χ1n) is 5.88. The van der Waals surface area contributed by atoms with Crippen molar-refractivity contribution in [3.05, 3.63) is 29.6 Å². The van der Waals surface area contributed by atoms with E-state index in [4.69, 9.17) is 9.94 Å². The zero-order valence-electron chi connectivity index (χ0n) is 10.6. The summed E-state index contributed by atoms with van der Waals surface area (Å²) in [6.45, 7) is 4.30. The predicted octanol–water partition coefficient (Wildman–Crippen LogP) is 3.55. The lowest BCUT2D eigenvalue weighted by molar-refractivity contribution is 0.312.